The SMILES string of the molecule is Bc1c(B)c(-c2nc(-c3ccccc3)nc(-c3ccc4c(c3)oc3ccccc34)n2)c(B)c(-n2c3ccccc3c3c4c(ccc32)sc2ccccc24)c1B. The van der Waals surface area contributed by atoms with E-state index in [2.05, 4.69) is 133 Å². The Morgan fingerprint density at radius 2 is 1.13 bits per heavy atom. The van der Waals surface area contributed by atoms with Gasteiger partial charge < -0.3 is 8.98 Å². The summed E-state index contributed by atoms with van der Waals surface area (Å²) in [6.45, 7) is 0. The molecule has 4 aromatic heterocycles. The van der Waals surface area contributed by atoms with Gasteiger partial charge in [0, 0.05) is 64.1 Å². The van der Waals surface area contributed by atoms with Gasteiger partial charge in [-0.2, -0.15) is 0 Å². The lowest BCUT2D eigenvalue weighted by Gasteiger charge is -2.23. The van der Waals surface area contributed by atoms with Gasteiger partial charge in [-0.1, -0.05) is 113 Å². The van der Waals surface area contributed by atoms with Crippen LogP contribution in [0.3, 0.4) is 0 Å². The van der Waals surface area contributed by atoms with Crippen molar-refractivity contribution in [2.75, 3.05) is 0 Å². The van der Waals surface area contributed by atoms with Crippen molar-refractivity contribution < 1.29 is 4.42 Å². The summed E-state index contributed by atoms with van der Waals surface area (Å²) in [6.07, 6.45) is 0. The topological polar surface area (TPSA) is 56.7 Å². The molecule has 0 N–H and O–H groups in total. The molecule has 0 atom stereocenters. The van der Waals surface area contributed by atoms with Crippen LogP contribution in [0.5, 0.6) is 0 Å². The molecule has 0 aliphatic rings. The maximum atomic E-state index is 6.31. The van der Waals surface area contributed by atoms with Crippen molar-refractivity contribution >= 4 is 128 Å². The van der Waals surface area contributed by atoms with Crippen molar-refractivity contribution in [3.05, 3.63) is 133 Å². The normalized spacial score (nSPS) is 11.9. The van der Waals surface area contributed by atoms with Crippen LogP contribution in [0.2, 0.25) is 0 Å². The van der Waals surface area contributed by atoms with Crippen LogP contribution in [0, 0.1) is 0 Å². The Kier molecular flexibility index (Phi) is 7.04. The average molecular weight is 718 g/mol. The van der Waals surface area contributed by atoms with E-state index in [9.17, 15) is 0 Å². The Labute approximate surface area is 324 Å². The van der Waals surface area contributed by atoms with Crippen molar-refractivity contribution in [1.29, 1.82) is 0 Å². The number of nitrogens with zero attached hydrogens (tertiary/aromatic N) is 4. The average Bonchev–Trinajstić information content (AvgIpc) is 3.90. The maximum Gasteiger partial charge on any atom is 0.164 e. The lowest BCUT2D eigenvalue weighted by molar-refractivity contribution is 0.669. The zero-order valence-electron chi connectivity index (χ0n) is 30.8. The third-order valence-corrected chi connectivity index (χ3v) is 12.6. The lowest BCUT2D eigenvalue weighted by Crippen LogP contribution is -2.47. The quantitative estimate of drug-likeness (QED) is 0.233. The zero-order valence-corrected chi connectivity index (χ0v) is 31.6. The van der Waals surface area contributed by atoms with Gasteiger partial charge in [0.05, 0.1) is 11.0 Å². The number of para-hydroxylation sites is 2. The Morgan fingerprint density at radius 3 is 1.96 bits per heavy atom. The van der Waals surface area contributed by atoms with Gasteiger partial charge in [-0.15, -0.1) is 11.3 Å². The highest BCUT2D eigenvalue weighted by Gasteiger charge is 2.25. The van der Waals surface area contributed by atoms with Gasteiger partial charge in [-0.05, 0) is 42.5 Å². The number of fused-ring (bicyclic) bond motifs is 10. The van der Waals surface area contributed by atoms with Crippen LogP contribution in [-0.4, -0.2) is 50.9 Å². The molecule has 0 aliphatic heterocycles. The highest BCUT2D eigenvalue weighted by atomic mass is 32.1. The zero-order chi connectivity index (χ0) is 36.9. The predicted octanol–water partition coefficient (Wildman–Crippen LogP) is 5.27. The molecule has 4 heterocycles. The number of benzene rings is 7. The molecule has 0 radical (unpaired) electrons. The number of aromatic nitrogens is 4. The van der Waals surface area contributed by atoms with Gasteiger partial charge in [0.1, 0.15) is 42.6 Å². The predicted molar refractivity (Wildman–Crippen MR) is 243 cm³/mol. The Morgan fingerprint density at radius 1 is 0.455 bits per heavy atom. The molecule has 0 saturated carbocycles. The molecule has 0 spiro atoms. The minimum atomic E-state index is 0.605. The summed E-state index contributed by atoms with van der Waals surface area (Å²) in [7, 11) is 8.92. The van der Waals surface area contributed by atoms with Crippen molar-refractivity contribution in [1.82, 2.24) is 19.5 Å². The summed E-state index contributed by atoms with van der Waals surface area (Å²) in [6, 6.07) is 46.8. The highest BCUT2D eigenvalue weighted by Crippen LogP contribution is 2.43. The standard InChI is InChI=1S/C45H30B4N4OS/c46-38-37(45-51-43(23-10-2-1-3-11-23)50-44(52-45)24-18-19-26-25-12-5-8-16-31(25)54-32(26)22-24)39(47)42(41(49)40(38)48)53-29-15-7-4-13-27(29)35-30(53)20-21-34-36(35)28-14-6-9-17-33(28)55-34/h1-22H,46-49H2. The molecule has 11 rings (SSSR count). The van der Waals surface area contributed by atoms with Crippen molar-refractivity contribution in [2.45, 2.75) is 0 Å². The number of furan rings is 1. The van der Waals surface area contributed by atoms with Gasteiger partial charge >= 0.3 is 0 Å². The van der Waals surface area contributed by atoms with Crippen molar-refractivity contribution in [2.24, 2.45) is 0 Å². The van der Waals surface area contributed by atoms with Crippen LogP contribution < -0.4 is 21.9 Å². The molecule has 0 bridgehead atoms. The van der Waals surface area contributed by atoms with Crippen LogP contribution >= 0.6 is 11.3 Å². The number of thiophene rings is 1. The molecule has 7 aromatic carbocycles. The van der Waals surface area contributed by atoms with Crippen LogP contribution in [-0.2, 0) is 0 Å². The second-order valence-corrected chi connectivity index (χ2v) is 15.6. The van der Waals surface area contributed by atoms with Crippen LogP contribution in [0.4, 0.5) is 0 Å². The molecule has 10 heteroatoms. The van der Waals surface area contributed by atoms with E-state index in [1.165, 1.54) is 52.9 Å². The molecule has 0 fully saturated rings. The molecule has 0 unspecified atom stereocenters. The summed E-state index contributed by atoms with van der Waals surface area (Å²) in [5.74, 6) is 1.89. The number of rotatable bonds is 4. The van der Waals surface area contributed by atoms with E-state index < -0.39 is 0 Å². The first-order chi connectivity index (χ1) is 26.9. The Hall–Kier alpha value is -6.37. The van der Waals surface area contributed by atoms with E-state index in [1.807, 2.05) is 47.7 Å². The maximum absolute atomic E-state index is 6.31. The molecule has 254 valence electrons. The van der Waals surface area contributed by atoms with Gasteiger partial charge in [0.2, 0.25) is 0 Å². The van der Waals surface area contributed by atoms with E-state index in [0.29, 0.717) is 17.5 Å². The summed E-state index contributed by atoms with van der Waals surface area (Å²) >= 11 is 1.86. The van der Waals surface area contributed by atoms with E-state index in [1.54, 1.807) is 0 Å². The van der Waals surface area contributed by atoms with Crippen molar-refractivity contribution in [3.63, 3.8) is 0 Å². The number of hydrogen-bond donors (Lipinski definition) is 0. The van der Waals surface area contributed by atoms with Gasteiger partial charge in [0.25, 0.3) is 0 Å². The summed E-state index contributed by atoms with van der Waals surface area (Å²) in [5.41, 5.74) is 12.8. The molecule has 0 aliphatic carbocycles. The molecular formula is C45H30B4N4OS. The van der Waals surface area contributed by atoms with E-state index in [0.717, 1.165) is 55.2 Å². The van der Waals surface area contributed by atoms with Gasteiger partial charge in [0.15, 0.2) is 17.5 Å². The molecule has 11 aromatic rings. The molecule has 0 saturated heterocycles. The van der Waals surface area contributed by atoms with Crippen LogP contribution in [0.1, 0.15) is 0 Å². The highest BCUT2D eigenvalue weighted by molar-refractivity contribution is 7.26. The molecule has 5 nitrogen and oxygen atoms in total. The smallest absolute Gasteiger partial charge is 0.164 e. The summed E-state index contributed by atoms with van der Waals surface area (Å²) in [4.78, 5) is 15.6. The Balaban J connectivity index is 1.19. The summed E-state index contributed by atoms with van der Waals surface area (Å²) in [5, 5.41) is 7.33. The fourth-order valence-electron chi connectivity index (χ4n) is 8.71. The second kappa shape index (κ2) is 12.1. The molecule has 0 amide bonds. The monoisotopic (exact) mass is 718 g/mol. The van der Waals surface area contributed by atoms with Gasteiger partial charge in [-0.3, -0.25) is 0 Å². The second-order valence-electron chi connectivity index (χ2n) is 14.5. The first-order valence-corrected chi connectivity index (χ1v) is 19.4. The largest absolute Gasteiger partial charge is 0.456 e. The number of hydrogen-bond acceptors (Lipinski definition) is 5. The molecule has 55 heavy (non-hydrogen) atoms. The summed E-state index contributed by atoms with van der Waals surface area (Å²) < 4.78 is 11.4. The minimum Gasteiger partial charge on any atom is -0.456 e. The first-order valence-electron chi connectivity index (χ1n) is 18.6. The fraction of sp³-hybridized carbons (Fsp3) is 0. The first kappa shape index (κ1) is 32.1. The van der Waals surface area contributed by atoms with Crippen molar-refractivity contribution in [3.8, 4) is 39.9 Å². The van der Waals surface area contributed by atoms with E-state index >= 15 is 0 Å². The van der Waals surface area contributed by atoms with E-state index in [-0.39, 0.29) is 0 Å². The van der Waals surface area contributed by atoms with Gasteiger partial charge in [-0.25, -0.2) is 15.0 Å². The third-order valence-electron chi connectivity index (χ3n) is 11.5. The molecular weight excluding hydrogens is 688 g/mol. The minimum absolute atomic E-state index is 0.605. The third kappa shape index (κ3) is 4.74. The fourth-order valence-corrected chi connectivity index (χ4v) is 9.83. The Bertz CT molecular complexity index is 3390. The van der Waals surface area contributed by atoms with Crippen LogP contribution in [0.15, 0.2) is 138 Å². The van der Waals surface area contributed by atoms with Crippen LogP contribution in [0.25, 0.3) is 104 Å². The lowest BCUT2D eigenvalue weighted by atomic mass is 9.65. The van der Waals surface area contributed by atoms with E-state index in [4.69, 9.17) is 19.4 Å².